The Labute approximate surface area is 158 Å². The molecular formula is C21H26O6. The summed E-state index contributed by atoms with van der Waals surface area (Å²) in [5.41, 5.74) is 0. The molecule has 0 radical (unpaired) electrons. The zero-order chi connectivity index (χ0) is 19.6. The van der Waals surface area contributed by atoms with Gasteiger partial charge in [-0.1, -0.05) is 43.2 Å². The van der Waals surface area contributed by atoms with Gasteiger partial charge in [-0.05, 0) is 37.1 Å². The van der Waals surface area contributed by atoms with Crippen molar-refractivity contribution in [1.29, 1.82) is 0 Å². The van der Waals surface area contributed by atoms with E-state index in [-0.39, 0.29) is 18.1 Å². The summed E-state index contributed by atoms with van der Waals surface area (Å²) in [5, 5.41) is 29.0. The first-order chi connectivity index (χ1) is 13.0. The Morgan fingerprint density at radius 2 is 1.89 bits per heavy atom. The van der Waals surface area contributed by atoms with Gasteiger partial charge in [0.05, 0.1) is 12.0 Å². The van der Waals surface area contributed by atoms with E-state index < -0.39 is 24.3 Å². The number of ketones is 1. The van der Waals surface area contributed by atoms with E-state index in [2.05, 4.69) is 0 Å². The summed E-state index contributed by atoms with van der Waals surface area (Å²) in [6.45, 7) is 0. The Morgan fingerprint density at radius 1 is 1.15 bits per heavy atom. The maximum Gasteiger partial charge on any atom is 0.303 e. The van der Waals surface area contributed by atoms with Crippen molar-refractivity contribution in [3.8, 4) is 5.75 Å². The largest absolute Gasteiger partial charge is 0.481 e. The summed E-state index contributed by atoms with van der Waals surface area (Å²) >= 11 is 0. The highest BCUT2D eigenvalue weighted by Crippen LogP contribution is 2.29. The Hall–Kier alpha value is -2.44. The van der Waals surface area contributed by atoms with Crippen LogP contribution in [0.2, 0.25) is 0 Å². The van der Waals surface area contributed by atoms with E-state index in [1.165, 1.54) is 12.2 Å². The van der Waals surface area contributed by atoms with Gasteiger partial charge in [-0.15, -0.1) is 0 Å². The zero-order valence-corrected chi connectivity index (χ0v) is 15.1. The van der Waals surface area contributed by atoms with Gasteiger partial charge < -0.3 is 20.1 Å². The molecule has 1 aliphatic carbocycles. The van der Waals surface area contributed by atoms with Crippen molar-refractivity contribution in [2.75, 3.05) is 0 Å². The van der Waals surface area contributed by atoms with Crippen LogP contribution in [0.4, 0.5) is 0 Å². The number of allylic oxidation sites excluding steroid dienone is 3. The summed E-state index contributed by atoms with van der Waals surface area (Å²) in [6.07, 6.45) is 6.83. The normalized spacial score (nSPS) is 21.5. The fourth-order valence-electron chi connectivity index (χ4n) is 3.14. The predicted molar refractivity (Wildman–Crippen MR) is 100 cm³/mol. The molecule has 146 valence electrons. The SMILES string of the molecule is O=C(O)CCCCCC(O)C1C(=O)C=CC1C=CC(O)Oc1ccccc1. The lowest BCUT2D eigenvalue weighted by molar-refractivity contribution is -0.137. The Morgan fingerprint density at radius 3 is 2.59 bits per heavy atom. The lowest BCUT2D eigenvalue weighted by Crippen LogP contribution is -2.29. The van der Waals surface area contributed by atoms with Crippen LogP contribution in [0.15, 0.2) is 54.6 Å². The molecule has 0 heterocycles. The molecule has 6 heteroatoms. The molecule has 0 bridgehead atoms. The molecule has 0 aliphatic heterocycles. The van der Waals surface area contributed by atoms with Gasteiger partial charge in [0.25, 0.3) is 0 Å². The number of hydrogen-bond donors (Lipinski definition) is 3. The highest BCUT2D eigenvalue weighted by molar-refractivity contribution is 5.95. The third-order valence-electron chi connectivity index (χ3n) is 4.53. The van der Waals surface area contributed by atoms with Crippen molar-refractivity contribution < 1.29 is 29.6 Å². The summed E-state index contributed by atoms with van der Waals surface area (Å²) in [6, 6.07) is 8.90. The summed E-state index contributed by atoms with van der Waals surface area (Å²) in [5.74, 6) is -1.32. The van der Waals surface area contributed by atoms with E-state index in [9.17, 15) is 19.8 Å². The fourth-order valence-corrected chi connectivity index (χ4v) is 3.14. The number of rotatable bonds is 11. The number of carboxylic acids is 1. The van der Waals surface area contributed by atoms with Gasteiger partial charge in [0.1, 0.15) is 5.75 Å². The average molecular weight is 374 g/mol. The monoisotopic (exact) mass is 374 g/mol. The summed E-state index contributed by atoms with van der Waals surface area (Å²) in [7, 11) is 0. The Kier molecular flexibility index (Phi) is 8.23. The van der Waals surface area contributed by atoms with Crippen LogP contribution in [0.25, 0.3) is 0 Å². The van der Waals surface area contributed by atoms with E-state index in [1.807, 2.05) is 6.07 Å². The first kappa shape index (κ1) is 20.9. The van der Waals surface area contributed by atoms with E-state index in [4.69, 9.17) is 9.84 Å². The standard InChI is InChI=1S/C21H26O6/c22-17(9-5-2-6-10-19(24)25)21-15(11-13-18(21)23)12-14-20(26)27-16-7-3-1-4-8-16/h1,3-4,7-8,11-15,17,20-22,26H,2,5-6,9-10H2,(H,24,25). The zero-order valence-electron chi connectivity index (χ0n) is 15.1. The fraction of sp³-hybridized carbons (Fsp3) is 0.429. The molecule has 0 saturated heterocycles. The smallest absolute Gasteiger partial charge is 0.303 e. The maximum absolute atomic E-state index is 12.1. The van der Waals surface area contributed by atoms with Gasteiger partial charge in [0.15, 0.2) is 5.78 Å². The van der Waals surface area contributed by atoms with Crippen molar-refractivity contribution in [2.45, 2.75) is 44.5 Å². The lowest BCUT2D eigenvalue weighted by Gasteiger charge is -2.22. The molecule has 0 fully saturated rings. The molecule has 2 rings (SSSR count). The second kappa shape index (κ2) is 10.6. The maximum atomic E-state index is 12.1. The number of aliphatic hydroxyl groups is 2. The number of ether oxygens (including phenoxy) is 1. The number of carboxylic acid groups (broad SMARTS) is 1. The number of carbonyl (C=O) groups is 2. The molecule has 27 heavy (non-hydrogen) atoms. The summed E-state index contributed by atoms with van der Waals surface area (Å²) in [4.78, 5) is 22.6. The Bertz CT molecular complexity index is 667. The molecule has 1 aliphatic rings. The van der Waals surface area contributed by atoms with E-state index in [1.54, 1.807) is 36.4 Å². The molecule has 3 N–H and O–H groups in total. The topological polar surface area (TPSA) is 104 Å². The number of aliphatic hydroxyl groups excluding tert-OH is 2. The van der Waals surface area contributed by atoms with E-state index in [0.29, 0.717) is 31.4 Å². The van der Waals surface area contributed by atoms with Gasteiger partial charge in [0.2, 0.25) is 6.29 Å². The molecule has 6 nitrogen and oxygen atoms in total. The van der Waals surface area contributed by atoms with Crippen LogP contribution in [0.1, 0.15) is 32.1 Å². The van der Waals surface area contributed by atoms with Crippen molar-refractivity contribution in [3.63, 3.8) is 0 Å². The molecule has 1 aromatic rings. The van der Waals surface area contributed by atoms with Crippen molar-refractivity contribution >= 4 is 11.8 Å². The minimum Gasteiger partial charge on any atom is -0.481 e. The first-order valence-electron chi connectivity index (χ1n) is 9.17. The van der Waals surface area contributed by atoms with Gasteiger partial charge in [0, 0.05) is 12.3 Å². The number of unbranched alkanes of at least 4 members (excludes halogenated alkanes) is 2. The van der Waals surface area contributed by atoms with Crippen LogP contribution in [-0.2, 0) is 9.59 Å². The third kappa shape index (κ3) is 7.00. The lowest BCUT2D eigenvalue weighted by atomic mass is 9.86. The number of aliphatic carboxylic acids is 1. The first-order valence-corrected chi connectivity index (χ1v) is 9.17. The van der Waals surface area contributed by atoms with Crippen molar-refractivity contribution in [1.82, 2.24) is 0 Å². The molecule has 4 atom stereocenters. The average Bonchev–Trinajstić information content (AvgIpc) is 3.01. The van der Waals surface area contributed by atoms with Gasteiger partial charge in [-0.25, -0.2) is 0 Å². The minimum absolute atomic E-state index is 0.116. The van der Waals surface area contributed by atoms with Crippen LogP contribution < -0.4 is 4.74 Å². The number of carbonyl (C=O) groups excluding carboxylic acids is 1. The van der Waals surface area contributed by atoms with Crippen LogP contribution in [0.3, 0.4) is 0 Å². The second-order valence-electron chi connectivity index (χ2n) is 6.63. The highest BCUT2D eigenvalue weighted by Gasteiger charge is 2.34. The van der Waals surface area contributed by atoms with Crippen LogP contribution in [0.5, 0.6) is 5.75 Å². The second-order valence-corrected chi connectivity index (χ2v) is 6.63. The van der Waals surface area contributed by atoms with Gasteiger partial charge in [-0.3, -0.25) is 9.59 Å². The molecule has 1 aromatic carbocycles. The Balaban J connectivity index is 1.83. The number of benzene rings is 1. The van der Waals surface area contributed by atoms with Crippen LogP contribution >= 0.6 is 0 Å². The molecule has 0 aromatic heterocycles. The van der Waals surface area contributed by atoms with Crippen LogP contribution in [0, 0.1) is 11.8 Å². The molecule has 4 unspecified atom stereocenters. The van der Waals surface area contributed by atoms with Gasteiger partial charge >= 0.3 is 5.97 Å². The van der Waals surface area contributed by atoms with E-state index >= 15 is 0 Å². The molecule has 0 spiro atoms. The molecule has 0 saturated carbocycles. The number of hydrogen-bond acceptors (Lipinski definition) is 5. The van der Waals surface area contributed by atoms with Crippen LogP contribution in [-0.4, -0.2) is 39.5 Å². The minimum atomic E-state index is -1.15. The van der Waals surface area contributed by atoms with Gasteiger partial charge in [-0.2, -0.15) is 0 Å². The van der Waals surface area contributed by atoms with E-state index in [0.717, 1.165) is 0 Å². The van der Waals surface area contributed by atoms with Crippen molar-refractivity contribution in [3.05, 3.63) is 54.6 Å². The van der Waals surface area contributed by atoms with Crippen molar-refractivity contribution in [2.24, 2.45) is 11.8 Å². The quantitative estimate of drug-likeness (QED) is 0.313. The molecular weight excluding hydrogens is 348 g/mol. The summed E-state index contributed by atoms with van der Waals surface area (Å²) < 4.78 is 5.36. The number of para-hydroxylation sites is 1. The predicted octanol–water partition coefficient (Wildman–Crippen LogP) is 2.71. The molecule has 0 amide bonds. The highest BCUT2D eigenvalue weighted by atomic mass is 16.6. The third-order valence-corrected chi connectivity index (χ3v) is 4.53.